The number of likely N-dealkylation sites (tertiary alicyclic amines) is 1. The summed E-state index contributed by atoms with van der Waals surface area (Å²) >= 11 is 0. The van der Waals surface area contributed by atoms with Crippen LogP contribution in [0.1, 0.15) is 63.8 Å². The summed E-state index contributed by atoms with van der Waals surface area (Å²) in [7, 11) is 0. The van der Waals surface area contributed by atoms with Crippen molar-refractivity contribution >= 4 is 17.0 Å². The minimum atomic E-state index is -0.934. The van der Waals surface area contributed by atoms with Gasteiger partial charge in [0.05, 0.1) is 11.0 Å². The van der Waals surface area contributed by atoms with Crippen LogP contribution in [0.15, 0.2) is 29.3 Å². The molecule has 0 radical (unpaired) electrons. The van der Waals surface area contributed by atoms with Crippen molar-refractivity contribution in [3.05, 3.63) is 29.9 Å². The summed E-state index contributed by atoms with van der Waals surface area (Å²) in [5.41, 5.74) is 2.22. The minimum absolute atomic E-state index is 0.199. The summed E-state index contributed by atoms with van der Waals surface area (Å²) in [4.78, 5) is 18.2. The van der Waals surface area contributed by atoms with Crippen LogP contribution in [0.4, 0.5) is 0 Å². The van der Waals surface area contributed by atoms with E-state index in [-0.39, 0.29) is 12.6 Å². The first-order chi connectivity index (χ1) is 14.7. The van der Waals surface area contributed by atoms with Crippen molar-refractivity contribution in [2.24, 2.45) is 4.99 Å². The number of imidazole rings is 1. The molecule has 1 aromatic heterocycles. The number of aromatic nitrogens is 2. The molecule has 0 unspecified atom stereocenters. The molecule has 2 aromatic rings. The fourth-order valence-electron chi connectivity index (χ4n) is 5.36. The number of rotatable bonds is 4. The number of carboxylic acids is 1. The number of piperidine rings is 1. The molecule has 2 fully saturated rings. The number of hydrogen-bond donors (Lipinski definition) is 1. The van der Waals surface area contributed by atoms with Crippen molar-refractivity contribution in [1.82, 2.24) is 14.0 Å². The van der Waals surface area contributed by atoms with Gasteiger partial charge in [-0.15, -0.1) is 4.99 Å². The van der Waals surface area contributed by atoms with Crippen LogP contribution in [0.25, 0.3) is 11.0 Å². The molecular weight excluding hydrogens is 378 g/mol. The summed E-state index contributed by atoms with van der Waals surface area (Å²) in [5, 5.41) is 18.7. The lowest BCUT2D eigenvalue weighted by Crippen LogP contribution is -2.43. The van der Waals surface area contributed by atoms with Crippen LogP contribution in [0.5, 0.6) is 0 Å². The van der Waals surface area contributed by atoms with Crippen LogP contribution in [0.3, 0.4) is 0 Å². The van der Waals surface area contributed by atoms with E-state index in [2.05, 4.69) is 14.5 Å². The molecule has 1 aliphatic carbocycles. The molecule has 0 amide bonds. The molecule has 30 heavy (non-hydrogen) atoms. The second-order valence-electron chi connectivity index (χ2n) is 8.62. The molecule has 1 saturated heterocycles. The third-order valence-electron chi connectivity index (χ3n) is 6.79. The van der Waals surface area contributed by atoms with E-state index in [9.17, 15) is 15.2 Å². The highest BCUT2D eigenvalue weighted by Crippen LogP contribution is 2.30. The van der Waals surface area contributed by atoms with E-state index in [0.717, 1.165) is 37.0 Å². The summed E-state index contributed by atoms with van der Waals surface area (Å²) < 4.78 is 3.76. The van der Waals surface area contributed by atoms with Gasteiger partial charge < -0.3 is 14.6 Å². The summed E-state index contributed by atoms with van der Waals surface area (Å²) in [6.45, 7) is 1.90. The fourth-order valence-corrected chi connectivity index (χ4v) is 5.36. The molecule has 1 aliphatic heterocycles. The molecular formula is C23H31N5O2. The second-order valence-corrected chi connectivity index (χ2v) is 8.62. The SMILES string of the molecule is N#CN=c1n(CC(=O)O)c2ccccc2n1C1CCN(C2CCCCCCC2)CC1. The van der Waals surface area contributed by atoms with E-state index in [1.807, 2.05) is 30.5 Å². The number of benzene rings is 1. The highest BCUT2D eigenvalue weighted by atomic mass is 16.4. The minimum Gasteiger partial charge on any atom is -0.480 e. The summed E-state index contributed by atoms with van der Waals surface area (Å²) in [5.74, 6) is -0.934. The van der Waals surface area contributed by atoms with Gasteiger partial charge in [-0.3, -0.25) is 9.36 Å². The maximum atomic E-state index is 11.5. The van der Waals surface area contributed by atoms with Crippen molar-refractivity contribution in [2.45, 2.75) is 76.4 Å². The zero-order valence-corrected chi connectivity index (χ0v) is 17.5. The lowest BCUT2D eigenvalue weighted by Gasteiger charge is -2.39. The highest BCUT2D eigenvalue weighted by molar-refractivity contribution is 5.78. The highest BCUT2D eigenvalue weighted by Gasteiger charge is 2.28. The molecule has 0 spiro atoms. The number of aliphatic carboxylic acids is 1. The average molecular weight is 410 g/mol. The number of hydrogen-bond acceptors (Lipinski definition) is 4. The lowest BCUT2D eigenvalue weighted by molar-refractivity contribution is -0.137. The third-order valence-corrected chi connectivity index (χ3v) is 6.79. The Kier molecular flexibility index (Phi) is 6.53. The van der Waals surface area contributed by atoms with Crippen molar-refractivity contribution in [1.29, 1.82) is 5.26 Å². The fraction of sp³-hybridized carbons (Fsp3) is 0.609. The molecule has 1 aromatic carbocycles. The van der Waals surface area contributed by atoms with Gasteiger partial charge in [-0.25, -0.2) is 0 Å². The first-order valence-electron chi connectivity index (χ1n) is 11.3. The van der Waals surface area contributed by atoms with Crippen molar-refractivity contribution < 1.29 is 9.90 Å². The Balaban J connectivity index is 1.61. The van der Waals surface area contributed by atoms with E-state index in [1.165, 1.54) is 44.9 Å². The van der Waals surface area contributed by atoms with Crippen molar-refractivity contribution in [3.63, 3.8) is 0 Å². The molecule has 2 heterocycles. The number of para-hydroxylation sites is 2. The van der Waals surface area contributed by atoms with Gasteiger partial charge in [0, 0.05) is 25.2 Å². The Bertz CT molecular complexity index is 983. The first-order valence-corrected chi connectivity index (χ1v) is 11.3. The van der Waals surface area contributed by atoms with Gasteiger partial charge in [0.15, 0.2) is 0 Å². The van der Waals surface area contributed by atoms with Crippen LogP contribution in [0, 0.1) is 11.5 Å². The summed E-state index contributed by atoms with van der Waals surface area (Å²) in [6.07, 6.45) is 13.3. The Morgan fingerprint density at radius 3 is 2.27 bits per heavy atom. The maximum absolute atomic E-state index is 11.5. The lowest BCUT2D eigenvalue weighted by atomic mass is 9.93. The molecule has 0 atom stereocenters. The van der Waals surface area contributed by atoms with E-state index in [0.29, 0.717) is 11.7 Å². The van der Waals surface area contributed by atoms with E-state index < -0.39 is 5.97 Å². The van der Waals surface area contributed by atoms with E-state index in [1.54, 1.807) is 4.57 Å². The van der Waals surface area contributed by atoms with Gasteiger partial charge in [0.2, 0.25) is 11.8 Å². The maximum Gasteiger partial charge on any atom is 0.323 e. The Morgan fingerprint density at radius 2 is 1.63 bits per heavy atom. The van der Waals surface area contributed by atoms with Crippen LogP contribution in [-0.4, -0.2) is 44.2 Å². The number of carboxylic acid groups (broad SMARTS) is 1. The number of carbonyl (C=O) groups is 1. The predicted octanol–water partition coefficient (Wildman–Crippen LogP) is 3.66. The second kappa shape index (κ2) is 9.48. The van der Waals surface area contributed by atoms with Crippen LogP contribution >= 0.6 is 0 Å². The number of fused-ring (bicyclic) bond motifs is 1. The van der Waals surface area contributed by atoms with Gasteiger partial charge in [-0.1, -0.05) is 44.2 Å². The Hall–Kier alpha value is -2.59. The Labute approximate surface area is 177 Å². The predicted molar refractivity (Wildman–Crippen MR) is 115 cm³/mol. The monoisotopic (exact) mass is 409 g/mol. The molecule has 4 rings (SSSR count). The van der Waals surface area contributed by atoms with Gasteiger partial charge in [-0.2, -0.15) is 5.26 Å². The van der Waals surface area contributed by atoms with E-state index in [4.69, 9.17) is 0 Å². The van der Waals surface area contributed by atoms with Crippen LogP contribution < -0.4 is 5.62 Å². The normalized spacial score (nSPS) is 20.7. The van der Waals surface area contributed by atoms with Crippen LogP contribution in [-0.2, 0) is 11.3 Å². The molecule has 7 nitrogen and oxygen atoms in total. The van der Waals surface area contributed by atoms with E-state index >= 15 is 0 Å². The van der Waals surface area contributed by atoms with Gasteiger partial charge >= 0.3 is 5.97 Å². The number of nitriles is 1. The molecule has 7 heteroatoms. The van der Waals surface area contributed by atoms with Gasteiger partial charge in [0.1, 0.15) is 6.54 Å². The van der Waals surface area contributed by atoms with Crippen LogP contribution in [0.2, 0.25) is 0 Å². The molecule has 160 valence electrons. The third kappa shape index (κ3) is 4.29. The zero-order valence-electron chi connectivity index (χ0n) is 17.5. The Morgan fingerprint density at radius 1 is 1.00 bits per heavy atom. The van der Waals surface area contributed by atoms with Gasteiger partial charge in [0.25, 0.3) is 0 Å². The first kappa shape index (κ1) is 20.7. The molecule has 1 saturated carbocycles. The smallest absolute Gasteiger partial charge is 0.323 e. The quantitative estimate of drug-likeness (QED) is 0.781. The molecule has 2 aliphatic rings. The topological polar surface area (TPSA) is 86.5 Å². The summed E-state index contributed by atoms with van der Waals surface area (Å²) in [6, 6.07) is 8.71. The zero-order chi connectivity index (χ0) is 20.9. The average Bonchev–Trinajstić information content (AvgIpc) is 3.01. The molecule has 0 bridgehead atoms. The molecule has 1 N–H and O–H groups in total. The largest absolute Gasteiger partial charge is 0.480 e. The van der Waals surface area contributed by atoms with Crippen molar-refractivity contribution in [2.75, 3.05) is 13.1 Å². The van der Waals surface area contributed by atoms with Crippen molar-refractivity contribution in [3.8, 4) is 6.19 Å². The van der Waals surface area contributed by atoms with Gasteiger partial charge in [-0.05, 0) is 37.8 Å². The number of nitrogens with zero attached hydrogens (tertiary/aromatic N) is 5. The standard InChI is InChI=1S/C23H31N5O2/c24-17-25-23-27(16-22(29)30)20-10-6-7-11-21(20)28(23)19-12-14-26(15-13-19)18-8-4-2-1-3-5-9-18/h6-7,10-11,18-19H,1-5,8-9,12-16H2,(H,29,30).